The minimum absolute atomic E-state index is 0.211. The molecule has 0 bridgehead atoms. The highest BCUT2D eigenvalue weighted by atomic mass is 79.9. The van der Waals surface area contributed by atoms with Crippen LogP contribution >= 0.6 is 15.9 Å². The van der Waals surface area contributed by atoms with Gasteiger partial charge in [0.25, 0.3) is 0 Å². The van der Waals surface area contributed by atoms with Crippen LogP contribution in [-0.2, 0) is 11.3 Å². The molecule has 0 aliphatic carbocycles. The summed E-state index contributed by atoms with van der Waals surface area (Å²) in [6, 6.07) is 7.25. The molecule has 0 radical (unpaired) electrons. The van der Waals surface area contributed by atoms with Gasteiger partial charge in [-0.1, -0.05) is 22.0 Å². The van der Waals surface area contributed by atoms with Crippen molar-refractivity contribution in [1.29, 1.82) is 0 Å². The Bertz CT molecular complexity index is 953. The van der Waals surface area contributed by atoms with Crippen molar-refractivity contribution in [2.45, 2.75) is 6.61 Å². The minimum atomic E-state index is -0.452. The third-order valence-corrected chi connectivity index (χ3v) is 4.72. The van der Waals surface area contributed by atoms with Crippen molar-refractivity contribution in [2.24, 2.45) is 5.84 Å². The largest absolute Gasteiger partial charge is 0.375 e. The molecule has 1 aromatic carbocycles. The lowest BCUT2D eigenvalue weighted by Crippen LogP contribution is -2.23. The number of ether oxygens (including phenoxy) is 1. The molecular formula is C16H14BrFN6O. The van der Waals surface area contributed by atoms with Gasteiger partial charge in [0, 0.05) is 22.3 Å². The molecule has 4 rings (SSSR count). The van der Waals surface area contributed by atoms with E-state index in [1.165, 1.54) is 6.07 Å². The fraction of sp³-hybridized carbons (Fsp3) is 0.188. The summed E-state index contributed by atoms with van der Waals surface area (Å²) in [6.45, 7) is 1.53. The number of hydrogen-bond acceptors (Lipinski definition) is 7. The second-order valence-electron chi connectivity index (χ2n) is 5.48. The van der Waals surface area contributed by atoms with Crippen LogP contribution < -0.4 is 16.2 Å². The summed E-state index contributed by atoms with van der Waals surface area (Å²) >= 11 is 3.56. The second kappa shape index (κ2) is 6.51. The molecule has 1 aliphatic heterocycles. The molecule has 0 saturated heterocycles. The second-order valence-corrected chi connectivity index (χ2v) is 6.34. The zero-order valence-corrected chi connectivity index (χ0v) is 14.6. The molecule has 7 nitrogen and oxygen atoms in total. The molecule has 1 aliphatic rings. The van der Waals surface area contributed by atoms with Crippen LogP contribution in [0.4, 0.5) is 21.8 Å². The highest BCUT2D eigenvalue weighted by molar-refractivity contribution is 9.10. The third-order valence-electron chi connectivity index (χ3n) is 3.97. The van der Waals surface area contributed by atoms with Crippen molar-refractivity contribution >= 4 is 44.4 Å². The molecule has 0 spiro atoms. The summed E-state index contributed by atoms with van der Waals surface area (Å²) in [7, 11) is 0. The number of pyridine rings is 1. The first-order valence-electron chi connectivity index (χ1n) is 7.60. The lowest BCUT2D eigenvalue weighted by molar-refractivity contribution is 0.133. The fourth-order valence-electron chi connectivity index (χ4n) is 2.86. The van der Waals surface area contributed by atoms with Gasteiger partial charge in [0.05, 0.1) is 24.8 Å². The van der Waals surface area contributed by atoms with E-state index in [0.717, 1.165) is 21.9 Å². The summed E-state index contributed by atoms with van der Waals surface area (Å²) < 4.78 is 20.4. The predicted octanol–water partition coefficient (Wildman–Crippen LogP) is 2.88. The summed E-state index contributed by atoms with van der Waals surface area (Å²) in [4.78, 5) is 14.7. The average molecular weight is 405 g/mol. The van der Waals surface area contributed by atoms with Crippen LogP contribution in [0.25, 0.3) is 11.0 Å². The number of fused-ring (bicyclic) bond motifs is 2. The van der Waals surface area contributed by atoms with E-state index in [-0.39, 0.29) is 5.95 Å². The molecule has 0 atom stereocenters. The molecular weight excluding hydrogens is 391 g/mol. The van der Waals surface area contributed by atoms with Crippen molar-refractivity contribution in [3.63, 3.8) is 0 Å². The number of rotatable bonds is 2. The maximum Gasteiger partial charge on any atom is 0.241 e. The molecule has 3 N–H and O–H groups in total. The molecule has 3 heterocycles. The molecule has 3 aromatic rings. The smallest absolute Gasteiger partial charge is 0.241 e. The van der Waals surface area contributed by atoms with Gasteiger partial charge in [0.15, 0.2) is 5.65 Å². The summed E-state index contributed by atoms with van der Waals surface area (Å²) in [5, 5.41) is 0.506. The topological polar surface area (TPSA) is 89.2 Å². The van der Waals surface area contributed by atoms with Gasteiger partial charge >= 0.3 is 0 Å². The van der Waals surface area contributed by atoms with Crippen molar-refractivity contribution in [3.8, 4) is 0 Å². The average Bonchev–Trinajstić information content (AvgIpc) is 2.84. The molecule has 0 unspecified atom stereocenters. The van der Waals surface area contributed by atoms with Gasteiger partial charge < -0.3 is 9.64 Å². The van der Waals surface area contributed by atoms with Crippen molar-refractivity contribution in [2.75, 3.05) is 23.5 Å². The van der Waals surface area contributed by atoms with Crippen molar-refractivity contribution in [3.05, 3.63) is 46.3 Å². The van der Waals surface area contributed by atoms with Gasteiger partial charge in [-0.3, -0.25) is 5.43 Å². The monoisotopic (exact) mass is 404 g/mol. The van der Waals surface area contributed by atoms with Crippen LogP contribution in [-0.4, -0.2) is 28.1 Å². The number of halogens is 2. The number of hydrogen-bond donors (Lipinski definition) is 2. The third kappa shape index (κ3) is 2.90. The van der Waals surface area contributed by atoms with Crippen LogP contribution in [0.5, 0.6) is 0 Å². The number of nitrogens with one attached hydrogen (secondary N) is 1. The number of nitrogen functional groups attached to an aromatic ring is 1. The van der Waals surface area contributed by atoms with Gasteiger partial charge in [-0.05, 0) is 18.2 Å². The molecule has 128 valence electrons. The first kappa shape index (κ1) is 16.1. The Balaban J connectivity index is 1.98. The van der Waals surface area contributed by atoms with Gasteiger partial charge in [-0.2, -0.15) is 9.97 Å². The predicted molar refractivity (Wildman–Crippen MR) is 95.9 cm³/mol. The lowest BCUT2D eigenvalue weighted by Gasteiger charge is -2.25. The Kier molecular flexibility index (Phi) is 4.20. The molecule has 9 heteroatoms. The van der Waals surface area contributed by atoms with Crippen LogP contribution in [0.3, 0.4) is 0 Å². The highest BCUT2D eigenvalue weighted by Gasteiger charge is 2.23. The van der Waals surface area contributed by atoms with E-state index in [2.05, 4.69) is 36.3 Å². The summed E-state index contributed by atoms with van der Waals surface area (Å²) in [5.41, 5.74) is 4.73. The number of hydrazine groups is 1. The van der Waals surface area contributed by atoms with Crippen molar-refractivity contribution < 1.29 is 9.13 Å². The minimum Gasteiger partial charge on any atom is -0.375 e. The van der Waals surface area contributed by atoms with Crippen LogP contribution in [0.15, 0.2) is 34.9 Å². The summed E-state index contributed by atoms with van der Waals surface area (Å²) in [6.07, 6.45) is 1.12. The van der Waals surface area contributed by atoms with Crippen LogP contribution in [0, 0.1) is 5.82 Å². The SMILES string of the molecule is NNc1nc(N2CCOCc3c(Br)cccc32)c2cc(F)cnc2n1. The molecule has 2 aromatic heterocycles. The number of anilines is 3. The maximum absolute atomic E-state index is 13.8. The zero-order valence-electron chi connectivity index (χ0n) is 13.0. The number of aromatic nitrogens is 3. The lowest BCUT2D eigenvalue weighted by atomic mass is 10.1. The Morgan fingerprint density at radius 1 is 1.32 bits per heavy atom. The Labute approximate surface area is 151 Å². The van der Waals surface area contributed by atoms with Gasteiger partial charge in [-0.25, -0.2) is 15.2 Å². The van der Waals surface area contributed by atoms with Gasteiger partial charge in [0.2, 0.25) is 5.95 Å². The number of nitrogens with zero attached hydrogens (tertiary/aromatic N) is 4. The normalized spacial score (nSPS) is 14.3. The van der Waals surface area contributed by atoms with E-state index in [1.54, 1.807) is 0 Å². The Morgan fingerprint density at radius 3 is 3.04 bits per heavy atom. The fourth-order valence-corrected chi connectivity index (χ4v) is 3.33. The van der Waals surface area contributed by atoms with Gasteiger partial charge in [-0.15, -0.1) is 0 Å². The van der Waals surface area contributed by atoms with E-state index in [1.807, 2.05) is 23.1 Å². The van der Waals surface area contributed by atoms with E-state index in [9.17, 15) is 4.39 Å². The Morgan fingerprint density at radius 2 is 2.20 bits per heavy atom. The van der Waals surface area contributed by atoms with E-state index < -0.39 is 5.82 Å². The summed E-state index contributed by atoms with van der Waals surface area (Å²) in [5.74, 6) is 5.77. The van der Waals surface area contributed by atoms with Gasteiger partial charge in [0.1, 0.15) is 11.6 Å². The zero-order chi connectivity index (χ0) is 17.4. The number of nitrogens with two attached hydrogens (primary N) is 1. The number of benzene rings is 1. The molecule has 0 amide bonds. The van der Waals surface area contributed by atoms with Crippen molar-refractivity contribution in [1.82, 2.24) is 15.0 Å². The quantitative estimate of drug-likeness (QED) is 0.501. The Hall–Kier alpha value is -2.36. The highest BCUT2D eigenvalue weighted by Crippen LogP contribution is 2.37. The standard InChI is InChI=1S/C16H14BrFN6O/c17-12-2-1-3-13-11(12)8-25-5-4-24(13)15-10-6-9(18)7-20-14(10)21-16(22-15)23-19/h1-3,6-7H,4-5,8,19H2,(H,20,21,22,23). The first-order valence-corrected chi connectivity index (χ1v) is 8.39. The maximum atomic E-state index is 13.8. The molecule has 0 saturated carbocycles. The molecule has 25 heavy (non-hydrogen) atoms. The van der Waals surface area contributed by atoms with E-state index in [0.29, 0.717) is 36.6 Å². The van der Waals surface area contributed by atoms with Crippen LogP contribution in [0.2, 0.25) is 0 Å². The van der Waals surface area contributed by atoms with E-state index in [4.69, 9.17) is 10.6 Å². The van der Waals surface area contributed by atoms with E-state index >= 15 is 0 Å². The molecule has 0 fully saturated rings. The van der Waals surface area contributed by atoms with Crippen LogP contribution in [0.1, 0.15) is 5.56 Å². The first-order chi connectivity index (χ1) is 12.2.